The normalized spacial score (nSPS) is 11.3. The average molecular weight is 371 g/mol. The standard InChI is InChI=1S/C21H25BrN/c22-15-9-3-1-2-4-10-16-23-17-18-11-5-6-12-19(18)20-13-7-8-14-21(20)23/h5-8,11-14,17H,1-4,9-10,15-16H2/q+1. The quantitative estimate of drug-likeness (QED) is 0.197. The minimum Gasteiger partial charge on any atom is -0.198 e. The van der Waals surface area contributed by atoms with Crippen molar-refractivity contribution in [3.63, 3.8) is 0 Å². The van der Waals surface area contributed by atoms with E-state index in [1.54, 1.807) is 0 Å². The Kier molecular flexibility index (Phi) is 6.04. The molecule has 0 N–H and O–H groups in total. The molecule has 1 nitrogen and oxygen atoms in total. The van der Waals surface area contributed by atoms with Gasteiger partial charge in [-0.15, -0.1) is 0 Å². The van der Waals surface area contributed by atoms with Crippen LogP contribution in [0.4, 0.5) is 0 Å². The highest BCUT2D eigenvalue weighted by Crippen LogP contribution is 2.22. The molecule has 0 atom stereocenters. The average Bonchev–Trinajstić information content (AvgIpc) is 2.61. The summed E-state index contributed by atoms with van der Waals surface area (Å²) in [5.41, 5.74) is 1.35. The number of fused-ring (bicyclic) bond motifs is 3. The van der Waals surface area contributed by atoms with Crippen molar-refractivity contribution in [3.05, 3.63) is 54.7 Å². The Morgan fingerprint density at radius 2 is 1.35 bits per heavy atom. The van der Waals surface area contributed by atoms with Crippen molar-refractivity contribution in [2.45, 2.75) is 45.1 Å². The summed E-state index contributed by atoms with van der Waals surface area (Å²) in [5.74, 6) is 0. The largest absolute Gasteiger partial charge is 0.213 e. The molecule has 3 rings (SSSR count). The van der Waals surface area contributed by atoms with Crippen LogP contribution in [0.1, 0.15) is 38.5 Å². The van der Waals surface area contributed by atoms with Crippen molar-refractivity contribution in [2.75, 3.05) is 5.33 Å². The molecule has 0 bridgehead atoms. The van der Waals surface area contributed by atoms with E-state index in [-0.39, 0.29) is 0 Å². The molecule has 23 heavy (non-hydrogen) atoms. The number of pyridine rings is 1. The van der Waals surface area contributed by atoms with Gasteiger partial charge in [-0.2, -0.15) is 4.57 Å². The monoisotopic (exact) mass is 370 g/mol. The zero-order valence-corrected chi connectivity index (χ0v) is 15.3. The number of alkyl halides is 1. The van der Waals surface area contributed by atoms with Gasteiger partial charge in [-0.05, 0) is 25.0 Å². The number of aryl methyl sites for hydroxylation is 1. The van der Waals surface area contributed by atoms with Gasteiger partial charge in [0.2, 0.25) is 5.52 Å². The van der Waals surface area contributed by atoms with Crippen molar-refractivity contribution < 1.29 is 4.57 Å². The van der Waals surface area contributed by atoms with Gasteiger partial charge < -0.3 is 0 Å². The summed E-state index contributed by atoms with van der Waals surface area (Å²) in [6, 6.07) is 17.5. The van der Waals surface area contributed by atoms with Crippen LogP contribution in [-0.4, -0.2) is 5.33 Å². The van der Waals surface area contributed by atoms with Crippen molar-refractivity contribution >= 4 is 37.6 Å². The van der Waals surface area contributed by atoms with E-state index < -0.39 is 0 Å². The zero-order chi connectivity index (χ0) is 15.9. The van der Waals surface area contributed by atoms with Gasteiger partial charge in [0, 0.05) is 28.6 Å². The lowest BCUT2D eigenvalue weighted by molar-refractivity contribution is -0.670. The summed E-state index contributed by atoms with van der Waals surface area (Å²) < 4.78 is 2.44. The summed E-state index contributed by atoms with van der Waals surface area (Å²) in [6.07, 6.45) is 10.3. The first-order valence-electron chi connectivity index (χ1n) is 8.76. The van der Waals surface area contributed by atoms with Gasteiger partial charge in [-0.1, -0.05) is 65.5 Å². The van der Waals surface area contributed by atoms with Gasteiger partial charge in [0.25, 0.3) is 0 Å². The molecular weight excluding hydrogens is 346 g/mol. The number of benzene rings is 2. The Morgan fingerprint density at radius 1 is 0.696 bits per heavy atom. The number of unbranched alkanes of at least 4 members (excludes halogenated alkanes) is 5. The maximum atomic E-state index is 3.50. The number of halogens is 1. The Hall–Kier alpha value is -1.41. The first kappa shape index (κ1) is 16.4. The van der Waals surface area contributed by atoms with Crippen molar-refractivity contribution in [2.24, 2.45) is 0 Å². The fourth-order valence-corrected chi connectivity index (χ4v) is 3.71. The molecule has 0 unspecified atom stereocenters. The van der Waals surface area contributed by atoms with Crippen LogP contribution in [-0.2, 0) is 6.54 Å². The van der Waals surface area contributed by atoms with Crippen LogP contribution in [0.2, 0.25) is 0 Å². The van der Waals surface area contributed by atoms with Crippen molar-refractivity contribution in [1.82, 2.24) is 0 Å². The van der Waals surface area contributed by atoms with Crippen LogP contribution < -0.4 is 4.57 Å². The molecule has 2 heteroatoms. The maximum absolute atomic E-state index is 3.50. The second kappa shape index (κ2) is 8.44. The summed E-state index contributed by atoms with van der Waals surface area (Å²) in [5, 5.41) is 5.20. The second-order valence-electron chi connectivity index (χ2n) is 6.24. The van der Waals surface area contributed by atoms with Crippen LogP contribution >= 0.6 is 15.9 Å². The molecule has 0 amide bonds. The van der Waals surface area contributed by atoms with Crippen LogP contribution in [0.15, 0.2) is 54.7 Å². The fraction of sp³-hybridized carbons (Fsp3) is 0.381. The predicted molar refractivity (Wildman–Crippen MR) is 103 cm³/mol. The molecule has 0 aliphatic heterocycles. The predicted octanol–water partition coefficient (Wildman–Crippen LogP) is 6.02. The topological polar surface area (TPSA) is 3.88 Å². The van der Waals surface area contributed by atoms with E-state index in [1.807, 2.05) is 0 Å². The zero-order valence-electron chi connectivity index (χ0n) is 13.7. The molecule has 0 aliphatic rings. The molecule has 0 aliphatic carbocycles. The van der Waals surface area contributed by atoms with Crippen LogP contribution in [0, 0.1) is 0 Å². The van der Waals surface area contributed by atoms with Crippen LogP contribution in [0.5, 0.6) is 0 Å². The molecule has 0 spiro atoms. The molecular formula is C21H25BrN+. The third kappa shape index (κ3) is 4.11. The van der Waals surface area contributed by atoms with Gasteiger partial charge in [0.15, 0.2) is 6.20 Å². The van der Waals surface area contributed by atoms with E-state index in [9.17, 15) is 0 Å². The first-order chi connectivity index (χ1) is 11.4. The van der Waals surface area contributed by atoms with Gasteiger partial charge in [0.1, 0.15) is 6.54 Å². The number of rotatable bonds is 8. The van der Waals surface area contributed by atoms with Gasteiger partial charge in [-0.3, -0.25) is 0 Å². The molecule has 0 fully saturated rings. The third-order valence-electron chi connectivity index (χ3n) is 4.54. The molecule has 1 aromatic heterocycles. The SMILES string of the molecule is BrCCCCCCCC[n+]1cc2ccccc2c2ccccc21. The minimum absolute atomic E-state index is 1.11. The van der Waals surface area contributed by atoms with Crippen LogP contribution in [0.3, 0.4) is 0 Å². The maximum Gasteiger partial charge on any atom is 0.213 e. The van der Waals surface area contributed by atoms with Crippen molar-refractivity contribution in [3.8, 4) is 0 Å². The van der Waals surface area contributed by atoms with E-state index in [2.05, 4.69) is 75.2 Å². The van der Waals surface area contributed by atoms with E-state index in [4.69, 9.17) is 0 Å². The summed E-state index contributed by atoms with van der Waals surface area (Å²) >= 11 is 3.50. The van der Waals surface area contributed by atoms with E-state index in [1.165, 1.54) is 60.2 Å². The number of hydrogen-bond donors (Lipinski definition) is 0. The summed E-state index contributed by atoms with van der Waals surface area (Å²) in [6.45, 7) is 1.11. The Labute approximate surface area is 147 Å². The molecule has 120 valence electrons. The van der Waals surface area contributed by atoms with Crippen LogP contribution in [0.25, 0.3) is 21.7 Å². The molecule has 3 aromatic rings. The number of nitrogens with zero attached hydrogens (tertiary/aromatic N) is 1. The number of hydrogen-bond acceptors (Lipinski definition) is 0. The van der Waals surface area contributed by atoms with E-state index in [0.717, 1.165) is 11.9 Å². The number of aromatic nitrogens is 1. The lowest BCUT2D eigenvalue weighted by Gasteiger charge is -2.05. The minimum atomic E-state index is 1.11. The molecule has 2 aromatic carbocycles. The highest BCUT2D eigenvalue weighted by Gasteiger charge is 2.12. The third-order valence-corrected chi connectivity index (χ3v) is 5.10. The van der Waals surface area contributed by atoms with E-state index in [0.29, 0.717) is 0 Å². The Morgan fingerprint density at radius 3 is 2.17 bits per heavy atom. The summed E-state index contributed by atoms with van der Waals surface area (Å²) in [4.78, 5) is 0. The first-order valence-corrected chi connectivity index (χ1v) is 9.88. The molecule has 0 saturated heterocycles. The Bertz CT molecular complexity index is 766. The smallest absolute Gasteiger partial charge is 0.198 e. The Balaban J connectivity index is 1.72. The highest BCUT2D eigenvalue weighted by molar-refractivity contribution is 9.09. The molecule has 0 radical (unpaired) electrons. The molecule has 1 heterocycles. The van der Waals surface area contributed by atoms with E-state index >= 15 is 0 Å². The van der Waals surface area contributed by atoms with Crippen molar-refractivity contribution in [1.29, 1.82) is 0 Å². The second-order valence-corrected chi connectivity index (χ2v) is 7.03. The number of para-hydroxylation sites is 1. The fourth-order valence-electron chi connectivity index (χ4n) is 3.31. The lowest BCUT2D eigenvalue weighted by atomic mass is 10.1. The highest BCUT2D eigenvalue weighted by atomic mass is 79.9. The van der Waals surface area contributed by atoms with Gasteiger partial charge in [0.05, 0.1) is 5.39 Å². The summed E-state index contributed by atoms with van der Waals surface area (Å²) in [7, 11) is 0. The lowest BCUT2D eigenvalue weighted by Crippen LogP contribution is -2.34. The van der Waals surface area contributed by atoms with Gasteiger partial charge >= 0.3 is 0 Å². The molecule has 0 saturated carbocycles. The van der Waals surface area contributed by atoms with Gasteiger partial charge in [-0.25, -0.2) is 0 Å².